The zero-order valence-electron chi connectivity index (χ0n) is 20.9. The Morgan fingerprint density at radius 2 is 1.63 bits per heavy atom. The summed E-state index contributed by atoms with van der Waals surface area (Å²) in [4.78, 5) is 38.2. The van der Waals surface area contributed by atoms with E-state index in [1.54, 1.807) is 42.5 Å². The molecule has 0 heterocycles. The highest BCUT2D eigenvalue weighted by atomic mass is 16.5. The molecule has 7 nitrogen and oxygen atoms in total. The Morgan fingerprint density at radius 1 is 0.971 bits per heavy atom. The minimum atomic E-state index is -0.761. The first-order valence-corrected chi connectivity index (χ1v) is 12.3. The lowest BCUT2D eigenvalue weighted by molar-refractivity contribution is -0.119. The molecule has 0 aliphatic heterocycles. The Hall–Kier alpha value is -3.35. The number of carbonyl (C=O) groups excluding carboxylic acids is 3. The summed E-state index contributed by atoms with van der Waals surface area (Å²) in [6.07, 6.45) is 2.76. The second-order valence-corrected chi connectivity index (χ2v) is 9.37. The van der Waals surface area contributed by atoms with Gasteiger partial charge in [-0.25, -0.2) is 9.59 Å². The van der Waals surface area contributed by atoms with Crippen molar-refractivity contribution in [3.63, 3.8) is 0 Å². The average Bonchev–Trinajstić information content (AvgIpc) is 2.83. The van der Waals surface area contributed by atoms with E-state index < -0.39 is 24.5 Å². The first kappa shape index (κ1) is 26.3. The van der Waals surface area contributed by atoms with Crippen molar-refractivity contribution in [3.05, 3.63) is 59.7 Å². The Bertz CT molecular complexity index is 1030. The van der Waals surface area contributed by atoms with Crippen LogP contribution in [-0.2, 0) is 14.3 Å². The fourth-order valence-electron chi connectivity index (χ4n) is 4.54. The number of hydrogen-bond acceptors (Lipinski definition) is 6. The molecule has 1 saturated carbocycles. The fourth-order valence-corrected chi connectivity index (χ4v) is 4.54. The van der Waals surface area contributed by atoms with E-state index >= 15 is 0 Å². The summed E-state index contributed by atoms with van der Waals surface area (Å²) in [6, 6.07) is 13.4. The number of hydrogen-bond donors (Lipinski definition) is 1. The molecule has 0 saturated heterocycles. The molecular formula is C28H35NO6. The first-order chi connectivity index (χ1) is 16.8. The van der Waals surface area contributed by atoms with Crippen LogP contribution in [0.25, 0.3) is 0 Å². The van der Waals surface area contributed by atoms with E-state index in [2.05, 4.69) is 26.1 Å². The zero-order valence-corrected chi connectivity index (χ0v) is 20.9. The van der Waals surface area contributed by atoms with Crippen LogP contribution in [0.4, 0.5) is 5.69 Å². The lowest BCUT2D eigenvalue weighted by Gasteiger charge is -2.36. The Morgan fingerprint density at radius 3 is 2.31 bits per heavy atom. The molecule has 1 aliphatic rings. The van der Waals surface area contributed by atoms with Gasteiger partial charge >= 0.3 is 11.9 Å². The maximum atomic E-state index is 13.1. The normalized spacial score (nSPS) is 19.6. The van der Waals surface area contributed by atoms with Gasteiger partial charge in [0.05, 0.1) is 23.4 Å². The molecule has 0 radical (unpaired) electrons. The minimum absolute atomic E-state index is 0.0740. The van der Waals surface area contributed by atoms with E-state index in [9.17, 15) is 14.4 Å². The van der Waals surface area contributed by atoms with Gasteiger partial charge in [0.2, 0.25) is 0 Å². The van der Waals surface area contributed by atoms with Crippen molar-refractivity contribution < 1.29 is 28.6 Å². The van der Waals surface area contributed by atoms with Gasteiger partial charge < -0.3 is 19.5 Å². The molecule has 188 valence electrons. The van der Waals surface area contributed by atoms with E-state index in [0.717, 1.165) is 19.3 Å². The molecule has 1 aliphatic carbocycles. The van der Waals surface area contributed by atoms with Crippen LogP contribution >= 0.6 is 0 Å². The summed E-state index contributed by atoms with van der Waals surface area (Å²) in [5.41, 5.74) is 0.700. The molecule has 0 spiro atoms. The van der Waals surface area contributed by atoms with Gasteiger partial charge in [0.15, 0.2) is 6.61 Å². The SMILES string of the molecule is CCOc1ccccc1NC(=O)COC(=O)c1ccccc1C(=O)O[C@@H]1C[C@@H](C)CC[C@H]1C(C)C. The largest absolute Gasteiger partial charge is 0.492 e. The summed E-state index contributed by atoms with van der Waals surface area (Å²) < 4.78 is 16.6. The molecule has 35 heavy (non-hydrogen) atoms. The van der Waals surface area contributed by atoms with Crippen molar-refractivity contribution >= 4 is 23.5 Å². The highest BCUT2D eigenvalue weighted by Crippen LogP contribution is 2.36. The summed E-state index contributed by atoms with van der Waals surface area (Å²) in [6.45, 7) is 8.25. The van der Waals surface area contributed by atoms with E-state index in [4.69, 9.17) is 14.2 Å². The Balaban J connectivity index is 1.64. The Labute approximate surface area is 207 Å². The average molecular weight is 482 g/mol. The first-order valence-electron chi connectivity index (χ1n) is 12.3. The lowest BCUT2D eigenvalue weighted by atomic mass is 9.75. The fraction of sp³-hybridized carbons (Fsp3) is 0.464. The highest BCUT2D eigenvalue weighted by molar-refractivity contribution is 6.04. The van der Waals surface area contributed by atoms with Crippen LogP contribution in [0.3, 0.4) is 0 Å². The molecule has 1 amide bonds. The van der Waals surface area contributed by atoms with Crippen LogP contribution < -0.4 is 10.1 Å². The van der Waals surface area contributed by atoms with Crippen LogP contribution in [0.15, 0.2) is 48.5 Å². The molecular weight excluding hydrogens is 446 g/mol. The van der Waals surface area contributed by atoms with Gasteiger partial charge in [-0.05, 0) is 61.8 Å². The third-order valence-corrected chi connectivity index (χ3v) is 6.38. The van der Waals surface area contributed by atoms with Crippen LogP contribution in [0, 0.1) is 17.8 Å². The molecule has 3 rings (SSSR count). The van der Waals surface area contributed by atoms with Crippen molar-refractivity contribution in [1.82, 2.24) is 0 Å². The molecule has 1 N–H and O–H groups in total. The van der Waals surface area contributed by atoms with Gasteiger partial charge in [-0.1, -0.05) is 51.5 Å². The number of carbonyl (C=O) groups is 3. The number of para-hydroxylation sites is 2. The number of amides is 1. The molecule has 7 heteroatoms. The molecule has 3 atom stereocenters. The minimum Gasteiger partial charge on any atom is -0.492 e. The van der Waals surface area contributed by atoms with Gasteiger partial charge in [0, 0.05) is 0 Å². The maximum absolute atomic E-state index is 13.1. The second kappa shape index (κ2) is 12.4. The smallest absolute Gasteiger partial charge is 0.339 e. The molecule has 2 aromatic rings. The number of benzene rings is 2. The third-order valence-electron chi connectivity index (χ3n) is 6.38. The van der Waals surface area contributed by atoms with E-state index in [-0.39, 0.29) is 23.1 Å². The second-order valence-electron chi connectivity index (χ2n) is 9.37. The monoisotopic (exact) mass is 481 g/mol. The van der Waals surface area contributed by atoms with Crippen molar-refractivity contribution in [1.29, 1.82) is 0 Å². The van der Waals surface area contributed by atoms with Crippen LogP contribution in [0.5, 0.6) is 5.75 Å². The predicted molar refractivity (Wildman–Crippen MR) is 134 cm³/mol. The molecule has 2 aromatic carbocycles. The molecule has 0 unspecified atom stereocenters. The van der Waals surface area contributed by atoms with E-state index in [1.807, 2.05) is 6.92 Å². The number of esters is 2. The van der Waals surface area contributed by atoms with Gasteiger partial charge in [-0.15, -0.1) is 0 Å². The topological polar surface area (TPSA) is 90.9 Å². The molecule has 0 aromatic heterocycles. The number of rotatable bonds is 9. The van der Waals surface area contributed by atoms with Crippen molar-refractivity contribution in [2.45, 2.75) is 53.1 Å². The zero-order chi connectivity index (χ0) is 25.4. The third kappa shape index (κ3) is 7.07. The van der Waals surface area contributed by atoms with Crippen LogP contribution in [0.1, 0.15) is 67.7 Å². The standard InChI is InChI=1S/C28H35NO6/c1-5-33-24-13-9-8-12-23(24)29-26(30)17-34-27(31)21-10-6-7-11-22(21)28(32)35-25-16-19(4)14-15-20(25)18(2)3/h6-13,18-20,25H,5,14-17H2,1-4H3,(H,29,30)/t19-,20-,25+/m0/s1. The van der Waals surface area contributed by atoms with Crippen molar-refractivity contribution in [2.75, 3.05) is 18.5 Å². The Kier molecular flexibility index (Phi) is 9.29. The van der Waals surface area contributed by atoms with Gasteiger partial charge in [-0.2, -0.15) is 0 Å². The highest BCUT2D eigenvalue weighted by Gasteiger charge is 2.34. The number of anilines is 1. The number of nitrogens with one attached hydrogen (secondary N) is 1. The van der Waals surface area contributed by atoms with Gasteiger partial charge in [0.25, 0.3) is 5.91 Å². The van der Waals surface area contributed by atoms with E-state index in [0.29, 0.717) is 29.9 Å². The summed E-state index contributed by atoms with van der Waals surface area (Å²) in [7, 11) is 0. The van der Waals surface area contributed by atoms with Crippen LogP contribution in [-0.4, -0.2) is 37.2 Å². The lowest BCUT2D eigenvalue weighted by Crippen LogP contribution is -2.36. The van der Waals surface area contributed by atoms with E-state index in [1.165, 1.54) is 6.07 Å². The maximum Gasteiger partial charge on any atom is 0.339 e. The quantitative estimate of drug-likeness (QED) is 0.476. The predicted octanol–water partition coefficient (Wildman–Crippen LogP) is 5.50. The van der Waals surface area contributed by atoms with Gasteiger partial charge in [-0.3, -0.25) is 4.79 Å². The summed E-state index contributed by atoms with van der Waals surface area (Å²) in [5, 5.41) is 2.68. The van der Waals surface area contributed by atoms with Gasteiger partial charge in [0.1, 0.15) is 11.9 Å². The van der Waals surface area contributed by atoms with Crippen LogP contribution in [0.2, 0.25) is 0 Å². The van der Waals surface area contributed by atoms with Crippen molar-refractivity contribution in [2.24, 2.45) is 17.8 Å². The molecule has 0 bridgehead atoms. The molecule has 1 fully saturated rings. The summed E-state index contributed by atoms with van der Waals surface area (Å²) in [5.74, 6) is -0.125. The van der Waals surface area contributed by atoms with Crippen molar-refractivity contribution in [3.8, 4) is 5.75 Å². The number of ether oxygens (including phenoxy) is 3. The summed E-state index contributed by atoms with van der Waals surface area (Å²) >= 11 is 0.